The molecule has 0 amide bonds. The van der Waals surface area contributed by atoms with E-state index in [0.717, 1.165) is 25.4 Å². The average Bonchev–Trinajstić information content (AvgIpc) is 2.87. The molecule has 1 atom stereocenters. The third-order valence-electron chi connectivity index (χ3n) is 4.43. The van der Waals surface area contributed by atoms with Crippen molar-refractivity contribution in [3.63, 3.8) is 0 Å². The number of rotatable bonds is 6. The van der Waals surface area contributed by atoms with Gasteiger partial charge in [0, 0.05) is 12.6 Å². The Bertz CT molecular complexity index is 456. The minimum atomic E-state index is 0.164. The zero-order valence-corrected chi connectivity index (χ0v) is 13.3. The van der Waals surface area contributed by atoms with Gasteiger partial charge in [-0.25, -0.2) is 0 Å². The Morgan fingerprint density at radius 3 is 2.75 bits per heavy atom. The van der Waals surface area contributed by atoms with Crippen molar-refractivity contribution in [2.45, 2.75) is 39.7 Å². The molecule has 2 N–H and O–H groups in total. The minimum absolute atomic E-state index is 0.164. The van der Waals surface area contributed by atoms with Gasteiger partial charge in [0.2, 0.25) is 0 Å². The predicted octanol–water partition coefficient (Wildman–Crippen LogP) is 2.99. The number of methoxy groups -OCH3 is 1. The first-order chi connectivity index (χ1) is 9.50. The lowest BCUT2D eigenvalue weighted by Gasteiger charge is -2.35. The maximum Gasteiger partial charge on any atom is 0.119 e. The van der Waals surface area contributed by atoms with Gasteiger partial charge >= 0.3 is 0 Å². The molecule has 0 fully saturated rings. The predicted molar refractivity (Wildman–Crippen MR) is 84.1 cm³/mol. The number of benzene rings is 1. The van der Waals surface area contributed by atoms with Crippen LogP contribution in [-0.4, -0.2) is 31.6 Å². The van der Waals surface area contributed by atoms with Crippen LogP contribution in [0.3, 0.4) is 0 Å². The van der Waals surface area contributed by atoms with Crippen LogP contribution in [-0.2, 0) is 6.42 Å². The molecule has 1 aliphatic rings. The van der Waals surface area contributed by atoms with E-state index in [1.165, 1.54) is 24.0 Å². The molecule has 1 aromatic rings. The second kappa shape index (κ2) is 6.15. The van der Waals surface area contributed by atoms with Crippen LogP contribution in [0.1, 0.15) is 44.4 Å². The molecule has 0 saturated heterocycles. The van der Waals surface area contributed by atoms with Gasteiger partial charge in [-0.05, 0) is 54.6 Å². The first kappa shape index (κ1) is 15.3. The Hall–Kier alpha value is -1.06. The van der Waals surface area contributed by atoms with Crippen LogP contribution in [0.15, 0.2) is 18.2 Å². The molecular formula is C17H28N2O. The zero-order valence-electron chi connectivity index (χ0n) is 13.3. The fraction of sp³-hybridized carbons (Fsp3) is 0.647. The normalized spacial score (nSPS) is 18.4. The first-order valence-corrected chi connectivity index (χ1v) is 7.61. The van der Waals surface area contributed by atoms with Gasteiger partial charge in [0.25, 0.3) is 0 Å². The van der Waals surface area contributed by atoms with Gasteiger partial charge < -0.3 is 10.5 Å². The van der Waals surface area contributed by atoms with Gasteiger partial charge in [-0.2, -0.15) is 0 Å². The van der Waals surface area contributed by atoms with Crippen molar-refractivity contribution < 1.29 is 4.74 Å². The molecule has 2 rings (SSSR count). The number of nitrogens with zero attached hydrogens (tertiary/aromatic N) is 1. The Kier molecular flexibility index (Phi) is 4.71. The fourth-order valence-corrected chi connectivity index (χ4v) is 3.12. The Morgan fingerprint density at radius 1 is 1.40 bits per heavy atom. The van der Waals surface area contributed by atoms with Gasteiger partial charge in [0.1, 0.15) is 5.75 Å². The van der Waals surface area contributed by atoms with Gasteiger partial charge in [-0.3, -0.25) is 4.90 Å². The van der Waals surface area contributed by atoms with E-state index in [2.05, 4.69) is 43.9 Å². The third kappa shape index (κ3) is 3.15. The van der Waals surface area contributed by atoms with E-state index < -0.39 is 0 Å². The molecule has 1 unspecified atom stereocenters. The fourth-order valence-electron chi connectivity index (χ4n) is 3.12. The van der Waals surface area contributed by atoms with E-state index in [-0.39, 0.29) is 5.41 Å². The van der Waals surface area contributed by atoms with Gasteiger partial charge in [0.15, 0.2) is 0 Å². The Morgan fingerprint density at radius 2 is 2.15 bits per heavy atom. The summed E-state index contributed by atoms with van der Waals surface area (Å²) in [6.07, 6.45) is 2.38. The number of aryl methyl sites for hydroxylation is 1. The summed E-state index contributed by atoms with van der Waals surface area (Å²) >= 11 is 0. The highest BCUT2D eigenvalue weighted by molar-refractivity contribution is 5.40. The lowest BCUT2D eigenvalue weighted by Crippen LogP contribution is -2.40. The van der Waals surface area contributed by atoms with Crippen LogP contribution < -0.4 is 10.5 Å². The molecule has 112 valence electrons. The van der Waals surface area contributed by atoms with E-state index in [4.69, 9.17) is 10.5 Å². The van der Waals surface area contributed by atoms with E-state index in [1.54, 1.807) is 7.11 Å². The number of nitrogens with two attached hydrogens (primary N) is 1. The highest BCUT2D eigenvalue weighted by Crippen LogP contribution is 2.38. The lowest BCUT2D eigenvalue weighted by atomic mass is 9.92. The molecule has 3 nitrogen and oxygen atoms in total. The van der Waals surface area contributed by atoms with Crippen molar-refractivity contribution >= 4 is 0 Å². The molecule has 1 aromatic carbocycles. The van der Waals surface area contributed by atoms with Crippen molar-refractivity contribution in [2.24, 2.45) is 11.1 Å². The molecule has 0 aliphatic heterocycles. The monoisotopic (exact) mass is 276 g/mol. The standard InChI is InChI=1S/C17H28N2O/c1-5-19(12-17(2,3)11-18)16-9-7-13-6-8-14(20-4)10-15(13)16/h6,8,10,16H,5,7,9,11-12,18H2,1-4H3. The summed E-state index contributed by atoms with van der Waals surface area (Å²) in [7, 11) is 1.74. The second-order valence-electron chi connectivity index (χ2n) is 6.55. The summed E-state index contributed by atoms with van der Waals surface area (Å²) in [4.78, 5) is 2.57. The Labute approximate surface area is 123 Å². The van der Waals surface area contributed by atoms with E-state index in [1.807, 2.05) is 0 Å². The average molecular weight is 276 g/mol. The van der Waals surface area contributed by atoms with Crippen LogP contribution in [0, 0.1) is 5.41 Å². The zero-order chi connectivity index (χ0) is 14.8. The SMILES string of the molecule is CCN(CC(C)(C)CN)C1CCc2ccc(OC)cc21. The van der Waals surface area contributed by atoms with Crippen molar-refractivity contribution in [1.82, 2.24) is 4.90 Å². The van der Waals surface area contributed by atoms with Crippen molar-refractivity contribution in [1.29, 1.82) is 0 Å². The van der Waals surface area contributed by atoms with Crippen LogP contribution in [0.2, 0.25) is 0 Å². The quantitative estimate of drug-likeness (QED) is 0.868. The molecule has 0 heterocycles. The number of hydrogen-bond donors (Lipinski definition) is 1. The van der Waals surface area contributed by atoms with E-state index in [9.17, 15) is 0 Å². The molecule has 0 saturated carbocycles. The molecule has 20 heavy (non-hydrogen) atoms. The molecule has 0 bridgehead atoms. The maximum atomic E-state index is 5.90. The summed E-state index contributed by atoms with van der Waals surface area (Å²) in [5, 5.41) is 0. The topological polar surface area (TPSA) is 38.5 Å². The van der Waals surface area contributed by atoms with E-state index >= 15 is 0 Å². The second-order valence-corrected chi connectivity index (χ2v) is 6.55. The smallest absolute Gasteiger partial charge is 0.119 e. The molecule has 0 radical (unpaired) electrons. The van der Waals surface area contributed by atoms with Crippen LogP contribution >= 0.6 is 0 Å². The first-order valence-electron chi connectivity index (χ1n) is 7.61. The highest BCUT2D eigenvalue weighted by Gasteiger charge is 2.30. The summed E-state index contributed by atoms with van der Waals surface area (Å²) in [5.41, 5.74) is 8.98. The Balaban J connectivity index is 2.22. The summed E-state index contributed by atoms with van der Waals surface area (Å²) in [6, 6.07) is 7.01. The van der Waals surface area contributed by atoms with Crippen LogP contribution in [0.5, 0.6) is 5.75 Å². The number of fused-ring (bicyclic) bond motifs is 1. The van der Waals surface area contributed by atoms with Crippen molar-refractivity contribution in [3.8, 4) is 5.75 Å². The lowest BCUT2D eigenvalue weighted by molar-refractivity contribution is 0.138. The number of hydrogen-bond acceptors (Lipinski definition) is 3. The van der Waals surface area contributed by atoms with Gasteiger partial charge in [0.05, 0.1) is 7.11 Å². The van der Waals surface area contributed by atoms with E-state index in [0.29, 0.717) is 6.04 Å². The van der Waals surface area contributed by atoms with Crippen molar-refractivity contribution in [2.75, 3.05) is 26.7 Å². The van der Waals surface area contributed by atoms with Gasteiger partial charge in [-0.1, -0.05) is 26.8 Å². The maximum absolute atomic E-state index is 5.90. The summed E-state index contributed by atoms with van der Waals surface area (Å²) in [6.45, 7) is 9.56. The third-order valence-corrected chi connectivity index (χ3v) is 4.43. The minimum Gasteiger partial charge on any atom is -0.497 e. The van der Waals surface area contributed by atoms with Crippen molar-refractivity contribution in [3.05, 3.63) is 29.3 Å². The van der Waals surface area contributed by atoms with Crippen LogP contribution in [0.25, 0.3) is 0 Å². The molecular weight excluding hydrogens is 248 g/mol. The van der Waals surface area contributed by atoms with Gasteiger partial charge in [-0.15, -0.1) is 0 Å². The summed E-state index contributed by atoms with van der Waals surface area (Å²) < 4.78 is 5.38. The molecule has 0 spiro atoms. The molecule has 0 aromatic heterocycles. The summed E-state index contributed by atoms with van der Waals surface area (Å²) in [5.74, 6) is 0.963. The number of ether oxygens (including phenoxy) is 1. The molecule has 1 aliphatic carbocycles. The van der Waals surface area contributed by atoms with Crippen LogP contribution in [0.4, 0.5) is 0 Å². The highest BCUT2D eigenvalue weighted by atomic mass is 16.5. The largest absolute Gasteiger partial charge is 0.497 e. The molecule has 3 heteroatoms.